The molecule has 0 radical (unpaired) electrons. The fourth-order valence-corrected chi connectivity index (χ4v) is 2.47. The summed E-state index contributed by atoms with van der Waals surface area (Å²) in [6.45, 7) is 0.220. The van der Waals surface area contributed by atoms with Crippen LogP contribution in [-0.2, 0) is 0 Å². The van der Waals surface area contributed by atoms with E-state index in [4.69, 9.17) is 0 Å². The number of anilines is 1. The Kier molecular flexibility index (Phi) is 4.05. The molecule has 0 saturated carbocycles. The smallest absolute Gasteiger partial charge is 0.411 e. The average Bonchev–Trinajstić information content (AvgIpc) is 2.55. The second-order valence-electron chi connectivity index (χ2n) is 4.95. The van der Waals surface area contributed by atoms with E-state index in [0.717, 1.165) is 16.5 Å². The van der Waals surface area contributed by atoms with Crippen LogP contribution < -0.4 is 21.3 Å². The molecule has 0 spiro atoms. The summed E-state index contributed by atoms with van der Waals surface area (Å²) in [5.74, 6) is 0. The molecule has 8 heteroatoms. The number of benzene rings is 1. The summed E-state index contributed by atoms with van der Waals surface area (Å²) in [5, 5.41) is 23.8. The van der Waals surface area contributed by atoms with Gasteiger partial charge in [-0.3, -0.25) is 25.8 Å². The Labute approximate surface area is 127 Å². The summed E-state index contributed by atoms with van der Waals surface area (Å²) in [6.07, 6.45) is 1.77. The van der Waals surface area contributed by atoms with E-state index in [2.05, 4.69) is 26.3 Å². The molecule has 2 aromatic rings. The van der Waals surface area contributed by atoms with E-state index in [1.165, 1.54) is 4.90 Å². The zero-order valence-corrected chi connectivity index (χ0v) is 12.1. The highest BCUT2D eigenvalue weighted by Gasteiger charge is 2.30. The minimum absolute atomic E-state index is 0.176. The molecule has 5 N–H and O–H groups in total. The van der Waals surface area contributed by atoms with Gasteiger partial charge in [-0.25, -0.2) is 4.79 Å². The lowest BCUT2D eigenvalue weighted by Crippen LogP contribution is -2.70. The first kappa shape index (κ1) is 14.5. The Hall–Kier alpha value is -2.42. The topological polar surface area (TPSA) is 102 Å². The molecule has 2 atom stereocenters. The third kappa shape index (κ3) is 2.80. The molecule has 116 valence electrons. The van der Waals surface area contributed by atoms with Crippen LogP contribution >= 0.6 is 0 Å². The molecule has 22 heavy (non-hydrogen) atoms. The Balaban J connectivity index is 1.89. The maximum Gasteiger partial charge on any atom is 0.411 e. The van der Waals surface area contributed by atoms with Crippen LogP contribution in [0.3, 0.4) is 0 Å². The Bertz CT molecular complexity index is 674. The fourth-order valence-electron chi connectivity index (χ4n) is 2.47. The van der Waals surface area contributed by atoms with E-state index in [9.17, 15) is 9.90 Å². The zero-order chi connectivity index (χ0) is 15.5. The molecule has 1 fully saturated rings. The number of carbonyl (C=O) groups is 1. The monoisotopic (exact) mass is 302 g/mol. The molecule has 1 saturated heterocycles. The molecular formula is C14H18N6O2. The van der Waals surface area contributed by atoms with Crippen molar-refractivity contribution in [3.63, 3.8) is 0 Å². The van der Waals surface area contributed by atoms with Crippen LogP contribution in [0.5, 0.6) is 0 Å². The Morgan fingerprint density at radius 1 is 1.45 bits per heavy atom. The van der Waals surface area contributed by atoms with Crippen molar-refractivity contribution < 1.29 is 9.90 Å². The quantitative estimate of drug-likeness (QED) is 0.565. The van der Waals surface area contributed by atoms with Crippen LogP contribution in [-0.4, -0.2) is 47.4 Å². The third-order valence-corrected chi connectivity index (χ3v) is 3.61. The van der Waals surface area contributed by atoms with Crippen LogP contribution in [0.2, 0.25) is 0 Å². The van der Waals surface area contributed by atoms with Crippen molar-refractivity contribution in [3.8, 4) is 0 Å². The van der Waals surface area contributed by atoms with Crippen molar-refractivity contribution in [1.29, 1.82) is 0 Å². The van der Waals surface area contributed by atoms with Crippen molar-refractivity contribution in [2.24, 2.45) is 0 Å². The molecule has 2 unspecified atom stereocenters. The van der Waals surface area contributed by atoms with Gasteiger partial charge < -0.3 is 10.4 Å². The van der Waals surface area contributed by atoms with Crippen LogP contribution in [0.1, 0.15) is 0 Å². The number of pyridine rings is 1. The largest absolute Gasteiger partial charge is 0.465 e. The molecule has 0 aliphatic carbocycles. The molecule has 1 amide bonds. The molecule has 8 nitrogen and oxygen atoms in total. The molecule has 2 heterocycles. The molecule has 1 aromatic heterocycles. The van der Waals surface area contributed by atoms with E-state index in [0.29, 0.717) is 0 Å². The number of hydrogen-bond acceptors (Lipinski definition) is 6. The molecule has 3 rings (SSSR count). The van der Waals surface area contributed by atoms with Gasteiger partial charge in [0.15, 0.2) is 6.29 Å². The van der Waals surface area contributed by atoms with Crippen LogP contribution in [0.25, 0.3) is 10.8 Å². The molecule has 1 aliphatic heterocycles. The highest BCUT2D eigenvalue weighted by molar-refractivity contribution is 5.93. The lowest BCUT2D eigenvalue weighted by Gasteiger charge is -2.40. The zero-order valence-electron chi connectivity index (χ0n) is 12.1. The fraction of sp³-hybridized carbons (Fsp3) is 0.286. The standard InChI is InChI=1S/C14H18N6O2/c1-15-12-17-8-20(14(21)22)13(19-12)18-11-4-2-3-9-7-16-6-5-10(9)11/h2-7,12-13,15,17-19H,8H2,1H3,(H,21,22). The van der Waals surface area contributed by atoms with Gasteiger partial charge in [-0.05, 0) is 19.2 Å². The van der Waals surface area contributed by atoms with E-state index in [-0.39, 0.29) is 13.0 Å². The summed E-state index contributed by atoms with van der Waals surface area (Å²) in [6, 6.07) is 7.70. The summed E-state index contributed by atoms with van der Waals surface area (Å²) < 4.78 is 0. The first-order valence-corrected chi connectivity index (χ1v) is 6.94. The van der Waals surface area contributed by atoms with Gasteiger partial charge in [-0.1, -0.05) is 12.1 Å². The number of fused-ring (bicyclic) bond motifs is 1. The van der Waals surface area contributed by atoms with E-state index in [1.54, 1.807) is 19.4 Å². The van der Waals surface area contributed by atoms with Gasteiger partial charge in [0.25, 0.3) is 0 Å². The lowest BCUT2D eigenvalue weighted by atomic mass is 10.1. The third-order valence-electron chi connectivity index (χ3n) is 3.61. The van der Waals surface area contributed by atoms with E-state index >= 15 is 0 Å². The summed E-state index contributed by atoms with van der Waals surface area (Å²) in [5.41, 5.74) is 0.848. The van der Waals surface area contributed by atoms with Gasteiger partial charge in [-0.15, -0.1) is 0 Å². The van der Waals surface area contributed by atoms with Gasteiger partial charge in [-0.2, -0.15) is 0 Å². The van der Waals surface area contributed by atoms with Gasteiger partial charge in [0.1, 0.15) is 6.29 Å². The maximum absolute atomic E-state index is 11.4. The van der Waals surface area contributed by atoms with Crippen molar-refractivity contribution >= 4 is 22.6 Å². The second-order valence-corrected chi connectivity index (χ2v) is 4.95. The number of aromatic nitrogens is 1. The van der Waals surface area contributed by atoms with Gasteiger partial charge in [0.2, 0.25) is 0 Å². The lowest BCUT2D eigenvalue weighted by molar-refractivity contribution is 0.0760. The average molecular weight is 302 g/mol. The van der Waals surface area contributed by atoms with Crippen molar-refractivity contribution in [1.82, 2.24) is 25.8 Å². The summed E-state index contributed by atoms with van der Waals surface area (Å²) >= 11 is 0. The normalized spacial score (nSPS) is 21.8. The van der Waals surface area contributed by atoms with Crippen LogP contribution in [0.4, 0.5) is 10.5 Å². The first-order valence-electron chi connectivity index (χ1n) is 6.94. The Morgan fingerprint density at radius 3 is 3.09 bits per heavy atom. The minimum atomic E-state index is -1.01. The number of amides is 1. The van der Waals surface area contributed by atoms with Gasteiger partial charge in [0, 0.05) is 28.9 Å². The number of hydrogen-bond donors (Lipinski definition) is 5. The number of carboxylic acid groups (broad SMARTS) is 1. The van der Waals surface area contributed by atoms with Crippen molar-refractivity contribution in [2.75, 3.05) is 19.0 Å². The minimum Gasteiger partial charge on any atom is -0.465 e. The van der Waals surface area contributed by atoms with Crippen LogP contribution in [0.15, 0.2) is 36.7 Å². The van der Waals surface area contributed by atoms with Gasteiger partial charge in [0.05, 0.1) is 6.67 Å². The van der Waals surface area contributed by atoms with Gasteiger partial charge >= 0.3 is 6.09 Å². The highest BCUT2D eigenvalue weighted by atomic mass is 16.4. The number of nitrogens with one attached hydrogen (secondary N) is 4. The number of rotatable bonds is 3. The van der Waals surface area contributed by atoms with Crippen molar-refractivity contribution in [2.45, 2.75) is 12.6 Å². The molecule has 1 aromatic carbocycles. The van der Waals surface area contributed by atoms with E-state index in [1.807, 2.05) is 24.3 Å². The first-order chi connectivity index (χ1) is 10.7. The van der Waals surface area contributed by atoms with E-state index < -0.39 is 12.4 Å². The predicted molar refractivity (Wildman–Crippen MR) is 83.0 cm³/mol. The molecule has 1 aliphatic rings. The summed E-state index contributed by atoms with van der Waals surface area (Å²) in [4.78, 5) is 16.7. The summed E-state index contributed by atoms with van der Waals surface area (Å²) in [7, 11) is 1.79. The maximum atomic E-state index is 11.4. The van der Waals surface area contributed by atoms with Crippen molar-refractivity contribution in [3.05, 3.63) is 36.7 Å². The number of nitrogens with zero attached hydrogens (tertiary/aromatic N) is 2. The SMILES string of the molecule is CNC1NCN(C(=O)O)C(Nc2cccc3cnccc23)N1. The molecule has 0 bridgehead atoms. The molecular weight excluding hydrogens is 284 g/mol. The Morgan fingerprint density at radius 2 is 2.32 bits per heavy atom. The van der Waals surface area contributed by atoms with Crippen LogP contribution in [0, 0.1) is 0 Å². The predicted octanol–water partition coefficient (Wildman–Crippen LogP) is 0.564. The highest BCUT2D eigenvalue weighted by Crippen LogP contribution is 2.23. The second kappa shape index (κ2) is 6.14.